The smallest absolute Gasteiger partial charge is 0.349 e. The first-order valence-electron chi connectivity index (χ1n) is 8.52. The fourth-order valence-corrected chi connectivity index (χ4v) is 3.09. The van der Waals surface area contributed by atoms with Crippen LogP contribution >= 0.6 is 0 Å². The molecule has 2 aromatic rings. The molecular formula is C19H18F3N3O2. The topological polar surface area (TPSA) is 62.3 Å². The highest BCUT2D eigenvalue weighted by molar-refractivity contribution is 5.96. The Morgan fingerprint density at radius 1 is 1.04 bits per heavy atom. The SMILES string of the molecule is O=C(NC1CCN(C(=O)c2ccccc2C(F)(F)F)CC1)c1ccncc1. The number of carbonyl (C=O) groups excluding carboxylic acids is 2. The van der Waals surface area contributed by atoms with E-state index in [4.69, 9.17) is 0 Å². The number of amides is 2. The number of likely N-dealkylation sites (tertiary alicyclic amines) is 1. The predicted octanol–water partition coefficient (Wildman–Crippen LogP) is 3.14. The van der Waals surface area contributed by atoms with E-state index in [0.717, 1.165) is 6.07 Å². The molecule has 5 nitrogen and oxygen atoms in total. The number of aromatic nitrogens is 1. The zero-order valence-corrected chi connectivity index (χ0v) is 14.4. The molecule has 1 aromatic carbocycles. The molecule has 8 heteroatoms. The van der Waals surface area contributed by atoms with Gasteiger partial charge in [-0.25, -0.2) is 0 Å². The third-order valence-corrected chi connectivity index (χ3v) is 4.52. The summed E-state index contributed by atoms with van der Waals surface area (Å²) in [7, 11) is 0. The van der Waals surface area contributed by atoms with Crippen molar-refractivity contribution in [2.24, 2.45) is 0 Å². The van der Waals surface area contributed by atoms with E-state index in [9.17, 15) is 22.8 Å². The van der Waals surface area contributed by atoms with Crippen LogP contribution < -0.4 is 5.32 Å². The Labute approximate surface area is 154 Å². The van der Waals surface area contributed by atoms with Crippen LogP contribution in [0, 0.1) is 0 Å². The Kier molecular flexibility index (Phi) is 5.43. The number of nitrogens with one attached hydrogen (secondary N) is 1. The summed E-state index contributed by atoms with van der Waals surface area (Å²) >= 11 is 0. The van der Waals surface area contributed by atoms with Gasteiger partial charge in [-0.1, -0.05) is 12.1 Å². The molecule has 0 saturated carbocycles. The van der Waals surface area contributed by atoms with E-state index in [1.54, 1.807) is 12.1 Å². The van der Waals surface area contributed by atoms with E-state index in [1.807, 2.05) is 0 Å². The lowest BCUT2D eigenvalue weighted by molar-refractivity contribution is -0.138. The van der Waals surface area contributed by atoms with Gasteiger partial charge in [-0.2, -0.15) is 13.2 Å². The van der Waals surface area contributed by atoms with Crippen molar-refractivity contribution in [3.05, 3.63) is 65.5 Å². The number of rotatable bonds is 3. The lowest BCUT2D eigenvalue weighted by atomic mass is 10.0. The Bertz CT molecular complexity index is 816. The largest absolute Gasteiger partial charge is 0.417 e. The molecule has 2 heterocycles. The Hall–Kier alpha value is -2.90. The monoisotopic (exact) mass is 377 g/mol. The van der Waals surface area contributed by atoms with Gasteiger partial charge in [0.15, 0.2) is 0 Å². The number of pyridine rings is 1. The number of piperidine rings is 1. The molecule has 0 unspecified atom stereocenters. The van der Waals surface area contributed by atoms with Crippen molar-refractivity contribution < 1.29 is 22.8 Å². The average Bonchev–Trinajstić information content (AvgIpc) is 2.68. The van der Waals surface area contributed by atoms with Crippen molar-refractivity contribution in [3.63, 3.8) is 0 Å². The van der Waals surface area contributed by atoms with E-state index in [0.29, 0.717) is 18.4 Å². The van der Waals surface area contributed by atoms with Crippen molar-refractivity contribution in [1.29, 1.82) is 0 Å². The fourth-order valence-electron chi connectivity index (χ4n) is 3.09. The zero-order chi connectivity index (χ0) is 19.4. The summed E-state index contributed by atoms with van der Waals surface area (Å²) in [4.78, 5) is 30.0. The van der Waals surface area contributed by atoms with Crippen molar-refractivity contribution in [2.45, 2.75) is 25.1 Å². The Morgan fingerprint density at radius 3 is 2.30 bits per heavy atom. The Morgan fingerprint density at radius 2 is 1.67 bits per heavy atom. The van der Waals surface area contributed by atoms with E-state index in [2.05, 4.69) is 10.3 Å². The van der Waals surface area contributed by atoms with Gasteiger partial charge in [-0.05, 0) is 37.1 Å². The molecule has 2 amide bonds. The summed E-state index contributed by atoms with van der Waals surface area (Å²) < 4.78 is 39.4. The maximum absolute atomic E-state index is 13.1. The van der Waals surface area contributed by atoms with Crippen LogP contribution in [0.4, 0.5) is 13.2 Å². The molecule has 0 spiro atoms. The normalized spacial score (nSPS) is 15.4. The van der Waals surface area contributed by atoms with E-state index in [1.165, 1.54) is 35.5 Å². The van der Waals surface area contributed by atoms with Gasteiger partial charge in [0, 0.05) is 37.1 Å². The second-order valence-electron chi connectivity index (χ2n) is 6.32. The second-order valence-corrected chi connectivity index (χ2v) is 6.32. The van der Waals surface area contributed by atoms with Gasteiger partial charge in [0.1, 0.15) is 0 Å². The summed E-state index contributed by atoms with van der Waals surface area (Å²) in [5.41, 5.74) is -0.782. The quantitative estimate of drug-likeness (QED) is 0.894. The number of alkyl halides is 3. The van der Waals surface area contributed by atoms with E-state index in [-0.39, 0.29) is 30.6 Å². The third kappa shape index (κ3) is 4.45. The van der Waals surface area contributed by atoms with Crippen LogP contribution in [0.5, 0.6) is 0 Å². The van der Waals surface area contributed by atoms with Gasteiger partial charge in [0.05, 0.1) is 11.1 Å². The molecule has 1 saturated heterocycles. The number of hydrogen-bond donors (Lipinski definition) is 1. The molecule has 3 rings (SSSR count). The minimum atomic E-state index is -4.58. The summed E-state index contributed by atoms with van der Waals surface area (Å²) in [5.74, 6) is -0.869. The van der Waals surface area contributed by atoms with Crippen LogP contribution in [-0.4, -0.2) is 40.8 Å². The van der Waals surface area contributed by atoms with Gasteiger partial charge >= 0.3 is 6.18 Å². The molecule has 1 fully saturated rings. The average molecular weight is 377 g/mol. The van der Waals surface area contributed by atoms with Crippen LogP contribution in [0.15, 0.2) is 48.8 Å². The first-order valence-corrected chi connectivity index (χ1v) is 8.52. The molecule has 0 aliphatic carbocycles. The summed E-state index contributed by atoms with van der Waals surface area (Å²) in [6.07, 6.45) is -0.570. The van der Waals surface area contributed by atoms with Crippen molar-refractivity contribution in [3.8, 4) is 0 Å². The summed E-state index contributed by atoms with van der Waals surface area (Å²) in [5, 5.41) is 2.89. The summed E-state index contributed by atoms with van der Waals surface area (Å²) in [6, 6.07) is 7.86. The molecule has 0 atom stereocenters. The first kappa shape index (κ1) is 18.9. The van der Waals surface area contributed by atoms with Crippen LogP contribution in [-0.2, 0) is 6.18 Å². The molecule has 1 aliphatic rings. The van der Waals surface area contributed by atoms with Gasteiger partial charge in [0.25, 0.3) is 11.8 Å². The molecule has 1 aliphatic heterocycles. The summed E-state index contributed by atoms with van der Waals surface area (Å²) in [6.45, 7) is 0.568. The van der Waals surface area contributed by atoms with Crippen LogP contribution in [0.1, 0.15) is 39.1 Å². The van der Waals surface area contributed by atoms with Crippen molar-refractivity contribution in [2.75, 3.05) is 13.1 Å². The van der Waals surface area contributed by atoms with Crippen LogP contribution in [0.3, 0.4) is 0 Å². The number of benzene rings is 1. The highest BCUT2D eigenvalue weighted by Gasteiger charge is 2.36. The molecule has 1 N–H and O–H groups in total. The number of nitrogens with zero attached hydrogens (tertiary/aromatic N) is 2. The molecular weight excluding hydrogens is 359 g/mol. The minimum Gasteiger partial charge on any atom is -0.349 e. The Balaban J connectivity index is 1.61. The molecule has 0 radical (unpaired) electrons. The standard InChI is InChI=1S/C19H18F3N3O2/c20-19(21,22)16-4-2-1-3-15(16)18(27)25-11-7-14(8-12-25)24-17(26)13-5-9-23-10-6-13/h1-6,9-10,14H,7-8,11-12H2,(H,24,26). The first-order chi connectivity index (χ1) is 12.9. The lowest BCUT2D eigenvalue weighted by Crippen LogP contribution is -2.46. The number of halogens is 3. The predicted molar refractivity (Wildman–Crippen MR) is 92.1 cm³/mol. The maximum Gasteiger partial charge on any atom is 0.417 e. The third-order valence-electron chi connectivity index (χ3n) is 4.52. The van der Waals surface area contributed by atoms with Gasteiger partial charge in [-0.3, -0.25) is 14.6 Å². The maximum atomic E-state index is 13.1. The highest BCUT2D eigenvalue weighted by Crippen LogP contribution is 2.32. The van der Waals surface area contributed by atoms with Crippen LogP contribution in [0.2, 0.25) is 0 Å². The number of carbonyl (C=O) groups is 2. The van der Waals surface area contributed by atoms with Crippen molar-refractivity contribution in [1.82, 2.24) is 15.2 Å². The second kappa shape index (κ2) is 7.77. The molecule has 1 aromatic heterocycles. The van der Waals surface area contributed by atoms with Gasteiger partial charge in [0.2, 0.25) is 0 Å². The van der Waals surface area contributed by atoms with Crippen molar-refractivity contribution >= 4 is 11.8 Å². The van der Waals surface area contributed by atoms with Gasteiger partial charge < -0.3 is 10.2 Å². The zero-order valence-electron chi connectivity index (χ0n) is 14.4. The minimum absolute atomic E-state index is 0.132. The fraction of sp³-hybridized carbons (Fsp3) is 0.316. The molecule has 142 valence electrons. The van der Waals surface area contributed by atoms with E-state index < -0.39 is 17.6 Å². The number of hydrogen-bond acceptors (Lipinski definition) is 3. The highest BCUT2D eigenvalue weighted by atomic mass is 19.4. The molecule has 27 heavy (non-hydrogen) atoms. The van der Waals surface area contributed by atoms with Crippen LogP contribution in [0.25, 0.3) is 0 Å². The molecule has 0 bridgehead atoms. The van der Waals surface area contributed by atoms with E-state index >= 15 is 0 Å². The lowest BCUT2D eigenvalue weighted by Gasteiger charge is -2.33. The van der Waals surface area contributed by atoms with Gasteiger partial charge in [-0.15, -0.1) is 0 Å².